The molecule has 0 aliphatic rings. The van der Waals surface area contributed by atoms with Gasteiger partial charge in [-0.2, -0.15) is 0 Å². The quantitative estimate of drug-likeness (QED) is 0.765. The minimum Gasteiger partial charge on any atom is -0.377 e. The van der Waals surface area contributed by atoms with Gasteiger partial charge in [0.05, 0.1) is 16.8 Å². The van der Waals surface area contributed by atoms with Crippen LogP contribution in [0, 0.1) is 0 Å². The van der Waals surface area contributed by atoms with Gasteiger partial charge in [-0.25, -0.2) is 9.97 Å². The molecule has 4 nitrogen and oxygen atoms in total. The molecule has 2 aromatic heterocycles. The van der Waals surface area contributed by atoms with E-state index in [1.807, 2.05) is 40.3 Å². The zero-order valence-electron chi connectivity index (χ0n) is 10.1. The van der Waals surface area contributed by atoms with Crippen LogP contribution in [0.3, 0.4) is 0 Å². The minimum atomic E-state index is 0.789. The Bertz CT molecular complexity index is 463. The fourth-order valence-corrected chi connectivity index (χ4v) is 1.79. The van der Waals surface area contributed by atoms with Crippen molar-refractivity contribution in [3.63, 3.8) is 0 Å². The largest absolute Gasteiger partial charge is 0.377 e. The molecule has 2 heterocycles. The Balaban J connectivity index is 2.82. The van der Waals surface area contributed by atoms with Gasteiger partial charge in [-0.1, -0.05) is 0 Å². The lowest BCUT2D eigenvalue weighted by atomic mass is 10.2. The van der Waals surface area contributed by atoms with Crippen LogP contribution >= 0.6 is 0 Å². The number of anilines is 2. The van der Waals surface area contributed by atoms with Crippen LogP contribution in [0.1, 0.15) is 0 Å². The molecule has 0 saturated heterocycles. The monoisotopic (exact) mass is 216 g/mol. The van der Waals surface area contributed by atoms with Crippen LogP contribution in [0.2, 0.25) is 0 Å². The molecule has 4 heteroatoms. The highest BCUT2D eigenvalue weighted by molar-refractivity contribution is 5.99. The Labute approximate surface area is 95.5 Å². The van der Waals surface area contributed by atoms with Gasteiger partial charge in [-0.3, -0.25) is 0 Å². The Morgan fingerprint density at radius 2 is 1.25 bits per heavy atom. The lowest BCUT2D eigenvalue weighted by molar-refractivity contribution is 1.11. The second kappa shape index (κ2) is 3.96. The van der Waals surface area contributed by atoms with Crippen LogP contribution in [-0.2, 0) is 0 Å². The van der Waals surface area contributed by atoms with Crippen LogP contribution < -0.4 is 9.80 Å². The second-order valence-electron chi connectivity index (χ2n) is 4.15. The molecule has 0 amide bonds. The first-order chi connectivity index (χ1) is 7.61. The summed E-state index contributed by atoms with van der Waals surface area (Å²) in [6, 6.07) is 4.02. The van der Waals surface area contributed by atoms with E-state index in [4.69, 9.17) is 0 Å². The fraction of sp³-hybridized carbons (Fsp3) is 0.333. The van der Waals surface area contributed by atoms with E-state index < -0.39 is 0 Å². The van der Waals surface area contributed by atoms with Crippen molar-refractivity contribution in [1.82, 2.24) is 9.97 Å². The Hall–Kier alpha value is -1.84. The van der Waals surface area contributed by atoms with Crippen molar-refractivity contribution in [1.29, 1.82) is 0 Å². The molecule has 0 spiro atoms. The van der Waals surface area contributed by atoms with Gasteiger partial charge in [0.1, 0.15) is 0 Å². The molecule has 84 valence electrons. The van der Waals surface area contributed by atoms with Crippen LogP contribution in [0.4, 0.5) is 11.4 Å². The van der Waals surface area contributed by atoms with Gasteiger partial charge in [0.2, 0.25) is 0 Å². The Kier molecular flexibility index (Phi) is 2.64. The zero-order chi connectivity index (χ0) is 11.7. The number of hydrogen-bond acceptors (Lipinski definition) is 4. The summed E-state index contributed by atoms with van der Waals surface area (Å²) in [4.78, 5) is 12.8. The van der Waals surface area contributed by atoms with Crippen molar-refractivity contribution in [3.8, 4) is 0 Å². The van der Waals surface area contributed by atoms with E-state index in [2.05, 4.69) is 19.8 Å². The maximum absolute atomic E-state index is 4.30. The SMILES string of the molecule is CN(C)c1ccnc2nccc(N(C)C)c12. The molecule has 0 unspecified atom stereocenters. The minimum absolute atomic E-state index is 0.789. The Morgan fingerprint density at radius 3 is 1.62 bits per heavy atom. The van der Waals surface area contributed by atoms with Crippen molar-refractivity contribution in [3.05, 3.63) is 24.5 Å². The van der Waals surface area contributed by atoms with Gasteiger partial charge in [-0.05, 0) is 12.1 Å². The molecule has 16 heavy (non-hydrogen) atoms. The summed E-state index contributed by atoms with van der Waals surface area (Å²) in [6.45, 7) is 0. The fourth-order valence-electron chi connectivity index (χ4n) is 1.79. The third-order valence-corrected chi connectivity index (χ3v) is 2.56. The number of nitrogens with zero attached hydrogens (tertiary/aromatic N) is 4. The molecule has 2 rings (SSSR count). The lowest BCUT2D eigenvalue weighted by Crippen LogP contribution is -2.14. The lowest BCUT2D eigenvalue weighted by Gasteiger charge is -2.20. The molecule has 0 aliphatic heterocycles. The molecular formula is C12H16N4. The van der Waals surface area contributed by atoms with E-state index in [1.54, 1.807) is 12.4 Å². The summed E-state index contributed by atoms with van der Waals surface area (Å²) in [7, 11) is 8.12. The highest BCUT2D eigenvalue weighted by atomic mass is 15.1. The average Bonchev–Trinajstić information content (AvgIpc) is 2.27. The molecule has 0 saturated carbocycles. The average molecular weight is 216 g/mol. The number of hydrogen-bond donors (Lipinski definition) is 0. The van der Waals surface area contributed by atoms with Crippen LogP contribution in [0.25, 0.3) is 11.0 Å². The standard InChI is InChI=1S/C12H16N4/c1-15(2)9-5-7-13-12-11(9)10(16(3)4)6-8-14-12/h5-8H,1-4H3. The molecule has 2 aromatic rings. The smallest absolute Gasteiger partial charge is 0.163 e. The van der Waals surface area contributed by atoms with E-state index >= 15 is 0 Å². The summed E-state index contributed by atoms with van der Waals surface area (Å²) in [6.07, 6.45) is 3.59. The Morgan fingerprint density at radius 1 is 0.812 bits per heavy atom. The van der Waals surface area contributed by atoms with E-state index in [0.29, 0.717) is 0 Å². The highest BCUT2D eigenvalue weighted by Gasteiger charge is 2.10. The maximum atomic E-state index is 4.30. The van der Waals surface area contributed by atoms with Crippen molar-refractivity contribution in [2.75, 3.05) is 38.0 Å². The highest BCUT2D eigenvalue weighted by Crippen LogP contribution is 2.30. The molecule has 0 aromatic carbocycles. The molecule has 0 atom stereocenters. The third-order valence-electron chi connectivity index (χ3n) is 2.56. The van der Waals surface area contributed by atoms with Gasteiger partial charge in [-0.15, -0.1) is 0 Å². The first-order valence-electron chi connectivity index (χ1n) is 5.19. The third kappa shape index (κ3) is 1.66. The normalized spacial score (nSPS) is 10.5. The first-order valence-corrected chi connectivity index (χ1v) is 5.19. The maximum Gasteiger partial charge on any atom is 0.163 e. The summed E-state index contributed by atoms with van der Waals surface area (Å²) in [5, 5.41) is 1.10. The zero-order valence-corrected chi connectivity index (χ0v) is 10.1. The van der Waals surface area contributed by atoms with Crippen molar-refractivity contribution in [2.24, 2.45) is 0 Å². The topological polar surface area (TPSA) is 32.3 Å². The van der Waals surface area contributed by atoms with Gasteiger partial charge in [0.15, 0.2) is 5.65 Å². The molecule has 0 aliphatic carbocycles. The summed E-state index contributed by atoms with van der Waals surface area (Å²) >= 11 is 0. The van der Waals surface area contributed by atoms with Crippen molar-refractivity contribution < 1.29 is 0 Å². The van der Waals surface area contributed by atoms with E-state index in [-0.39, 0.29) is 0 Å². The van der Waals surface area contributed by atoms with Crippen LogP contribution in [0.5, 0.6) is 0 Å². The van der Waals surface area contributed by atoms with Gasteiger partial charge < -0.3 is 9.80 Å². The summed E-state index contributed by atoms with van der Waals surface area (Å²) < 4.78 is 0. The molecular weight excluding hydrogens is 200 g/mol. The van der Waals surface area contributed by atoms with Crippen LogP contribution in [-0.4, -0.2) is 38.2 Å². The van der Waals surface area contributed by atoms with Crippen molar-refractivity contribution in [2.45, 2.75) is 0 Å². The number of pyridine rings is 2. The van der Waals surface area contributed by atoms with E-state index in [9.17, 15) is 0 Å². The molecule has 0 bridgehead atoms. The predicted octanol–water partition coefficient (Wildman–Crippen LogP) is 1.76. The van der Waals surface area contributed by atoms with Gasteiger partial charge in [0, 0.05) is 40.6 Å². The predicted molar refractivity (Wildman–Crippen MR) is 68.2 cm³/mol. The summed E-state index contributed by atoms with van der Waals surface area (Å²) in [5.41, 5.74) is 3.07. The second-order valence-corrected chi connectivity index (χ2v) is 4.15. The van der Waals surface area contributed by atoms with E-state index in [0.717, 1.165) is 22.4 Å². The molecule has 0 fully saturated rings. The molecule has 0 radical (unpaired) electrons. The van der Waals surface area contributed by atoms with E-state index in [1.165, 1.54) is 0 Å². The van der Waals surface area contributed by atoms with Crippen LogP contribution in [0.15, 0.2) is 24.5 Å². The summed E-state index contributed by atoms with van der Waals surface area (Å²) in [5.74, 6) is 0. The number of fused-ring (bicyclic) bond motifs is 1. The molecule has 0 N–H and O–H groups in total. The number of aromatic nitrogens is 2. The van der Waals surface area contributed by atoms with Crippen molar-refractivity contribution >= 4 is 22.4 Å². The van der Waals surface area contributed by atoms with Gasteiger partial charge in [0.25, 0.3) is 0 Å². The number of rotatable bonds is 2. The first kappa shape index (κ1) is 10.7. The van der Waals surface area contributed by atoms with Gasteiger partial charge >= 0.3 is 0 Å².